The average molecular weight is 143 g/mol. The van der Waals surface area contributed by atoms with Crippen molar-refractivity contribution in [2.75, 3.05) is 0 Å². The molecule has 0 heterocycles. The third kappa shape index (κ3) is 4.96. The van der Waals surface area contributed by atoms with E-state index in [4.69, 9.17) is 0 Å². The summed E-state index contributed by atoms with van der Waals surface area (Å²) < 4.78 is 0. The smallest absolute Gasteiger partial charge is 0.318 e. The fraction of sp³-hybridized carbons (Fsp3) is 0.500. The van der Waals surface area contributed by atoms with E-state index in [9.17, 15) is 9.59 Å². The van der Waals surface area contributed by atoms with Crippen molar-refractivity contribution in [3.05, 3.63) is 0 Å². The van der Waals surface area contributed by atoms with Gasteiger partial charge in [-0.25, -0.2) is 4.79 Å². The van der Waals surface area contributed by atoms with Crippen molar-refractivity contribution < 1.29 is 14.4 Å². The number of carbonyl (C=O) groups excluding carboxylic acids is 2. The average Bonchev–Trinajstić information content (AvgIpc) is 1.82. The second-order valence-corrected chi connectivity index (χ2v) is 1.71. The highest BCUT2D eigenvalue weighted by molar-refractivity contribution is 5.94. The Labute approximate surface area is 58.8 Å². The number of hydrogen-bond acceptors (Lipinski definition) is 4. The van der Waals surface area contributed by atoms with E-state index in [0.717, 1.165) is 0 Å². The van der Waals surface area contributed by atoms with Crippen LogP contribution in [0.2, 0.25) is 0 Å². The van der Waals surface area contributed by atoms with E-state index in [-0.39, 0.29) is 12.2 Å². The Bertz CT molecular complexity index is 162. The van der Waals surface area contributed by atoms with Gasteiger partial charge in [-0.1, -0.05) is 5.16 Å². The normalized spacial score (nSPS) is 9.80. The van der Waals surface area contributed by atoms with Gasteiger partial charge in [0.15, 0.2) is 0 Å². The predicted octanol–water partition coefficient (Wildman–Crippen LogP) is 0.514. The van der Waals surface area contributed by atoms with Crippen LogP contribution in [0.3, 0.4) is 0 Å². The van der Waals surface area contributed by atoms with Crippen LogP contribution in [0.15, 0.2) is 5.16 Å². The monoisotopic (exact) mass is 143 g/mol. The highest BCUT2D eigenvalue weighted by Crippen LogP contribution is 1.87. The maximum atomic E-state index is 10.5. The van der Waals surface area contributed by atoms with Gasteiger partial charge in [0.05, 0.1) is 0 Å². The standard InChI is InChI=1S/C6H9NO3/c1-3-7-10-6(9)4-5(2)8/h3H,4H2,1-2H3/b7-3+. The van der Waals surface area contributed by atoms with Gasteiger partial charge in [0.25, 0.3) is 0 Å². The van der Waals surface area contributed by atoms with Gasteiger partial charge in [0, 0.05) is 6.21 Å². The van der Waals surface area contributed by atoms with Gasteiger partial charge in [0.2, 0.25) is 0 Å². The molecule has 0 spiro atoms. The summed E-state index contributed by atoms with van der Waals surface area (Å²) in [5.41, 5.74) is 0. The lowest BCUT2D eigenvalue weighted by atomic mass is 10.3. The summed E-state index contributed by atoms with van der Waals surface area (Å²) >= 11 is 0. The molecule has 4 heteroatoms. The number of oxime groups is 1. The third-order valence-corrected chi connectivity index (χ3v) is 0.653. The number of ketones is 1. The van der Waals surface area contributed by atoms with Crippen LogP contribution in [-0.2, 0) is 14.4 Å². The Kier molecular flexibility index (Phi) is 4.11. The summed E-state index contributed by atoms with van der Waals surface area (Å²) in [6, 6.07) is 0. The van der Waals surface area contributed by atoms with Crippen molar-refractivity contribution in [1.29, 1.82) is 0 Å². The van der Waals surface area contributed by atoms with E-state index in [1.165, 1.54) is 13.1 Å². The molecule has 0 aromatic carbocycles. The topological polar surface area (TPSA) is 55.7 Å². The minimum Gasteiger partial charge on any atom is -0.318 e. The molecule has 0 saturated carbocycles. The van der Waals surface area contributed by atoms with Gasteiger partial charge in [-0.2, -0.15) is 0 Å². The summed E-state index contributed by atoms with van der Waals surface area (Å²) in [5, 5.41) is 3.20. The highest BCUT2D eigenvalue weighted by atomic mass is 16.7. The van der Waals surface area contributed by atoms with Crippen LogP contribution < -0.4 is 0 Å². The maximum absolute atomic E-state index is 10.5. The minimum absolute atomic E-state index is 0.211. The summed E-state index contributed by atoms with van der Waals surface area (Å²) in [4.78, 5) is 24.9. The van der Waals surface area contributed by atoms with Crippen LogP contribution in [0.4, 0.5) is 0 Å². The first kappa shape index (κ1) is 8.81. The first-order valence-electron chi connectivity index (χ1n) is 2.84. The lowest BCUT2D eigenvalue weighted by Gasteiger charge is -1.91. The van der Waals surface area contributed by atoms with Crippen LogP contribution in [-0.4, -0.2) is 18.0 Å². The SMILES string of the molecule is C/C=N/OC(=O)CC(C)=O. The molecule has 0 N–H and O–H groups in total. The maximum Gasteiger partial charge on any atom is 0.342 e. The Morgan fingerprint density at radius 1 is 1.60 bits per heavy atom. The van der Waals surface area contributed by atoms with Crippen LogP contribution >= 0.6 is 0 Å². The number of carbonyl (C=O) groups is 2. The molecule has 0 fully saturated rings. The number of rotatable bonds is 3. The molecule has 0 aromatic heterocycles. The van der Waals surface area contributed by atoms with Gasteiger partial charge >= 0.3 is 5.97 Å². The van der Waals surface area contributed by atoms with Gasteiger partial charge < -0.3 is 4.84 Å². The molecule has 0 amide bonds. The molecule has 0 rings (SSSR count). The van der Waals surface area contributed by atoms with Gasteiger partial charge in [-0.3, -0.25) is 4.79 Å². The molecule has 0 bridgehead atoms. The fourth-order valence-corrected chi connectivity index (χ4v) is 0.347. The molecular weight excluding hydrogens is 134 g/mol. The summed E-state index contributed by atoms with van der Waals surface area (Å²) in [7, 11) is 0. The van der Waals surface area contributed by atoms with Crippen LogP contribution in [0, 0.1) is 0 Å². The van der Waals surface area contributed by atoms with Crippen molar-refractivity contribution >= 4 is 18.0 Å². The molecule has 0 aliphatic heterocycles. The molecular formula is C6H9NO3. The predicted molar refractivity (Wildman–Crippen MR) is 35.6 cm³/mol. The van der Waals surface area contributed by atoms with Gasteiger partial charge in [0.1, 0.15) is 12.2 Å². The number of nitrogens with zero attached hydrogens (tertiary/aromatic N) is 1. The van der Waals surface area contributed by atoms with E-state index in [0.29, 0.717) is 0 Å². The molecule has 4 nitrogen and oxygen atoms in total. The van der Waals surface area contributed by atoms with Crippen molar-refractivity contribution in [2.45, 2.75) is 20.3 Å². The molecule has 10 heavy (non-hydrogen) atoms. The quantitative estimate of drug-likeness (QED) is 0.250. The Morgan fingerprint density at radius 3 is 2.60 bits per heavy atom. The third-order valence-electron chi connectivity index (χ3n) is 0.653. The highest BCUT2D eigenvalue weighted by Gasteiger charge is 2.04. The molecule has 0 saturated heterocycles. The van der Waals surface area contributed by atoms with Crippen molar-refractivity contribution in [2.24, 2.45) is 5.16 Å². The molecule has 0 unspecified atom stereocenters. The second kappa shape index (κ2) is 4.67. The number of hydrogen-bond donors (Lipinski definition) is 0. The molecule has 0 aliphatic rings. The molecule has 0 atom stereocenters. The molecule has 56 valence electrons. The summed E-state index contributed by atoms with van der Waals surface area (Å²) in [6.45, 7) is 2.93. The van der Waals surface area contributed by atoms with E-state index < -0.39 is 5.97 Å². The van der Waals surface area contributed by atoms with E-state index >= 15 is 0 Å². The summed E-state index contributed by atoms with van der Waals surface area (Å²) in [6.07, 6.45) is 1.12. The largest absolute Gasteiger partial charge is 0.342 e. The van der Waals surface area contributed by atoms with Crippen molar-refractivity contribution in [1.82, 2.24) is 0 Å². The summed E-state index contributed by atoms with van der Waals surface area (Å²) in [5.74, 6) is -0.845. The zero-order valence-electron chi connectivity index (χ0n) is 5.96. The lowest BCUT2D eigenvalue weighted by Crippen LogP contribution is -2.05. The molecule has 0 aromatic rings. The van der Waals surface area contributed by atoms with Crippen LogP contribution in [0.1, 0.15) is 20.3 Å². The number of Topliss-reactive ketones (excluding diaryl/α,β-unsaturated/α-hetero) is 1. The van der Waals surface area contributed by atoms with Gasteiger partial charge in [-0.15, -0.1) is 0 Å². The molecule has 0 aliphatic carbocycles. The zero-order chi connectivity index (χ0) is 7.98. The lowest BCUT2D eigenvalue weighted by molar-refractivity contribution is -0.145. The van der Waals surface area contributed by atoms with Crippen molar-refractivity contribution in [3.8, 4) is 0 Å². The van der Waals surface area contributed by atoms with Gasteiger partial charge in [-0.05, 0) is 13.8 Å². The van der Waals surface area contributed by atoms with E-state index in [2.05, 4.69) is 9.99 Å². The molecule has 0 radical (unpaired) electrons. The van der Waals surface area contributed by atoms with Crippen LogP contribution in [0.5, 0.6) is 0 Å². The Morgan fingerprint density at radius 2 is 2.20 bits per heavy atom. The van der Waals surface area contributed by atoms with Crippen LogP contribution in [0.25, 0.3) is 0 Å². The van der Waals surface area contributed by atoms with E-state index in [1.54, 1.807) is 6.92 Å². The van der Waals surface area contributed by atoms with E-state index in [1.807, 2.05) is 0 Å². The first-order chi connectivity index (χ1) is 4.66. The first-order valence-corrected chi connectivity index (χ1v) is 2.84. The second-order valence-electron chi connectivity index (χ2n) is 1.71. The van der Waals surface area contributed by atoms with Crippen molar-refractivity contribution in [3.63, 3.8) is 0 Å². The zero-order valence-corrected chi connectivity index (χ0v) is 5.96. The Balaban J connectivity index is 3.54. The fourth-order valence-electron chi connectivity index (χ4n) is 0.347. The minimum atomic E-state index is -0.620. The Hall–Kier alpha value is -1.19.